The summed E-state index contributed by atoms with van der Waals surface area (Å²) in [4.78, 5) is 30.0. The number of nitrogens with zero attached hydrogens (tertiary/aromatic N) is 3. The summed E-state index contributed by atoms with van der Waals surface area (Å²) in [6.45, 7) is 2.36. The number of pyridine rings is 1. The second-order valence-corrected chi connectivity index (χ2v) is 10.4. The average Bonchev–Trinajstić information content (AvgIpc) is 3.29. The number of primary amides is 1. The van der Waals surface area contributed by atoms with Crippen LogP contribution >= 0.6 is 0 Å². The number of ketones is 1. The van der Waals surface area contributed by atoms with Gasteiger partial charge in [0.2, 0.25) is 5.88 Å². The van der Waals surface area contributed by atoms with E-state index in [1.165, 1.54) is 24.3 Å². The van der Waals surface area contributed by atoms with Crippen LogP contribution in [0.25, 0.3) is 11.1 Å². The first-order valence-electron chi connectivity index (χ1n) is 14.0. The molecule has 42 heavy (non-hydrogen) atoms. The molecule has 1 aliphatic carbocycles. The zero-order chi connectivity index (χ0) is 29.8. The third-order valence-electron chi connectivity index (χ3n) is 7.47. The van der Waals surface area contributed by atoms with Crippen LogP contribution in [0, 0.1) is 17.5 Å². The molecular formula is C32H31F3N4O3. The highest BCUT2D eigenvalue weighted by Crippen LogP contribution is 2.34. The van der Waals surface area contributed by atoms with Crippen LogP contribution in [0.1, 0.15) is 65.0 Å². The van der Waals surface area contributed by atoms with Crippen molar-refractivity contribution < 1.29 is 27.5 Å². The quantitative estimate of drug-likeness (QED) is 0.246. The Balaban J connectivity index is 1.51. The molecule has 0 unspecified atom stereocenters. The summed E-state index contributed by atoms with van der Waals surface area (Å²) in [5.74, 6) is -3.33. The van der Waals surface area contributed by atoms with Gasteiger partial charge in [0.1, 0.15) is 17.5 Å². The zero-order valence-corrected chi connectivity index (χ0v) is 23.2. The molecule has 0 saturated carbocycles. The summed E-state index contributed by atoms with van der Waals surface area (Å²) in [5.41, 5.74) is 8.96. The highest BCUT2D eigenvalue weighted by Gasteiger charge is 2.26. The standard InChI is InChI=1S/C32H31F3N4O3/c1-2-42-32-26-6-3-4-8-29(26)39(38-32)18-24(40)15-21(12-19-13-22(33)17-23(34)14-19)30-25(7-5-11-37-30)20-9-10-28(35)27(16-20)31(36)41/h5,7,9-11,13-14,16-17,21H,2-4,6,8,12,15,18H2,1H3,(H2,36,41)/t21-/m1/s1. The number of rotatable bonds is 11. The summed E-state index contributed by atoms with van der Waals surface area (Å²) in [6, 6.07) is 10.6. The van der Waals surface area contributed by atoms with Gasteiger partial charge in [-0.3, -0.25) is 19.3 Å². The molecule has 0 radical (unpaired) electrons. The molecule has 0 spiro atoms. The number of hydrogen-bond donors (Lipinski definition) is 1. The molecule has 2 aromatic heterocycles. The molecule has 0 bridgehead atoms. The van der Waals surface area contributed by atoms with Crippen molar-refractivity contribution >= 4 is 11.7 Å². The molecule has 0 fully saturated rings. The lowest BCUT2D eigenvalue weighted by molar-refractivity contribution is -0.120. The summed E-state index contributed by atoms with van der Waals surface area (Å²) >= 11 is 0. The number of Topliss-reactive ketones (excluding diaryl/α,β-unsaturated/α-hetero) is 1. The topological polar surface area (TPSA) is 100 Å². The van der Waals surface area contributed by atoms with E-state index >= 15 is 0 Å². The van der Waals surface area contributed by atoms with Gasteiger partial charge in [-0.15, -0.1) is 5.10 Å². The van der Waals surface area contributed by atoms with Crippen molar-refractivity contribution in [2.75, 3.05) is 6.61 Å². The van der Waals surface area contributed by atoms with E-state index in [1.807, 2.05) is 6.92 Å². The average molecular weight is 577 g/mol. The number of halogens is 3. The number of nitrogens with two attached hydrogens (primary N) is 1. The van der Waals surface area contributed by atoms with Gasteiger partial charge in [-0.1, -0.05) is 12.1 Å². The number of fused-ring (bicyclic) bond motifs is 1. The fourth-order valence-corrected chi connectivity index (χ4v) is 5.67. The number of amides is 1. The molecule has 2 N–H and O–H groups in total. The first kappa shape index (κ1) is 29.0. The lowest BCUT2D eigenvalue weighted by Crippen LogP contribution is -2.19. The van der Waals surface area contributed by atoms with E-state index in [-0.39, 0.29) is 30.7 Å². The third-order valence-corrected chi connectivity index (χ3v) is 7.47. The van der Waals surface area contributed by atoms with Crippen molar-refractivity contribution in [3.05, 3.63) is 100 Å². The molecule has 2 heterocycles. The van der Waals surface area contributed by atoms with E-state index in [4.69, 9.17) is 10.5 Å². The number of ether oxygens (including phenoxy) is 1. The summed E-state index contributed by atoms with van der Waals surface area (Å²) in [6.07, 6.45) is 5.32. The minimum atomic E-state index is -0.921. The van der Waals surface area contributed by atoms with Crippen molar-refractivity contribution in [3.63, 3.8) is 0 Å². The van der Waals surface area contributed by atoms with Gasteiger partial charge < -0.3 is 10.5 Å². The third kappa shape index (κ3) is 6.37. The van der Waals surface area contributed by atoms with E-state index in [9.17, 15) is 22.8 Å². The van der Waals surface area contributed by atoms with Crippen LogP contribution in [0.5, 0.6) is 5.88 Å². The highest BCUT2D eigenvalue weighted by molar-refractivity contribution is 5.94. The van der Waals surface area contributed by atoms with Crippen molar-refractivity contribution in [2.24, 2.45) is 5.73 Å². The first-order valence-corrected chi connectivity index (χ1v) is 14.0. The van der Waals surface area contributed by atoms with Crippen LogP contribution in [0.4, 0.5) is 13.2 Å². The van der Waals surface area contributed by atoms with Crippen molar-refractivity contribution in [1.82, 2.24) is 14.8 Å². The maximum atomic E-state index is 14.3. The Morgan fingerprint density at radius 2 is 1.81 bits per heavy atom. The minimum absolute atomic E-state index is 0.00790. The van der Waals surface area contributed by atoms with Gasteiger partial charge in [0.25, 0.3) is 5.91 Å². The normalized spacial score (nSPS) is 13.4. The summed E-state index contributed by atoms with van der Waals surface area (Å²) < 4.78 is 50.0. The Morgan fingerprint density at radius 1 is 1.05 bits per heavy atom. The van der Waals surface area contributed by atoms with E-state index in [2.05, 4.69) is 10.1 Å². The number of benzene rings is 2. The number of aromatic nitrogens is 3. The maximum Gasteiger partial charge on any atom is 0.251 e. The first-order chi connectivity index (χ1) is 20.2. The smallest absolute Gasteiger partial charge is 0.251 e. The van der Waals surface area contributed by atoms with Gasteiger partial charge in [-0.2, -0.15) is 0 Å². The van der Waals surface area contributed by atoms with Crippen LogP contribution < -0.4 is 10.5 Å². The van der Waals surface area contributed by atoms with Gasteiger partial charge in [0.15, 0.2) is 5.78 Å². The van der Waals surface area contributed by atoms with E-state index in [0.717, 1.165) is 49.1 Å². The van der Waals surface area contributed by atoms with Crippen LogP contribution in [0.2, 0.25) is 0 Å². The maximum absolute atomic E-state index is 14.3. The SMILES string of the molecule is CCOc1nn(CC(=O)C[C@@H](Cc2cc(F)cc(F)c2)c2ncccc2-c2ccc(F)c(C(N)=O)c2)c2c1CCCC2. The van der Waals surface area contributed by atoms with E-state index in [1.54, 1.807) is 23.0 Å². The molecule has 5 rings (SSSR count). The summed E-state index contributed by atoms with van der Waals surface area (Å²) in [7, 11) is 0. The number of carbonyl (C=O) groups excluding carboxylic acids is 2. The van der Waals surface area contributed by atoms with Crippen LogP contribution in [-0.4, -0.2) is 33.1 Å². The predicted molar refractivity (Wildman–Crippen MR) is 151 cm³/mol. The summed E-state index contributed by atoms with van der Waals surface area (Å²) in [5, 5.41) is 4.59. The molecule has 7 nitrogen and oxygen atoms in total. The van der Waals surface area contributed by atoms with Crippen LogP contribution in [0.3, 0.4) is 0 Å². The van der Waals surface area contributed by atoms with Gasteiger partial charge in [0.05, 0.1) is 24.4 Å². The Bertz CT molecular complexity index is 1620. The Morgan fingerprint density at radius 3 is 2.55 bits per heavy atom. The molecular weight excluding hydrogens is 545 g/mol. The largest absolute Gasteiger partial charge is 0.477 e. The molecule has 1 amide bonds. The zero-order valence-electron chi connectivity index (χ0n) is 23.2. The van der Waals surface area contributed by atoms with Crippen molar-refractivity contribution in [2.45, 2.75) is 57.9 Å². The Labute approximate surface area is 241 Å². The van der Waals surface area contributed by atoms with Crippen LogP contribution in [-0.2, 0) is 30.6 Å². The second kappa shape index (κ2) is 12.6. The van der Waals surface area contributed by atoms with E-state index in [0.29, 0.717) is 34.9 Å². The minimum Gasteiger partial charge on any atom is -0.477 e. The van der Waals surface area contributed by atoms with Gasteiger partial charge in [-0.05, 0) is 80.5 Å². The molecule has 218 valence electrons. The lowest BCUT2D eigenvalue weighted by Gasteiger charge is -2.20. The van der Waals surface area contributed by atoms with Crippen molar-refractivity contribution in [3.8, 4) is 17.0 Å². The number of carbonyl (C=O) groups is 2. The molecule has 0 aliphatic heterocycles. The second-order valence-electron chi connectivity index (χ2n) is 10.4. The molecule has 0 saturated heterocycles. The molecule has 1 atom stereocenters. The molecule has 4 aromatic rings. The lowest BCUT2D eigenvalue weighted by atomic mass is 9.86. The van der Waals surface area contributed by atoms with Gasteiger partial charge in [0, 0.05) is 41.4 Å². The highest BCUT2D eigenvalue weighted by atomic mass is 19.1. The Hall–Kier alpha value is -4.47. The molecule has 1 aliphatic rings. The van der Waals surface area contributed by atoms with Crippen molar-refractivity contribution in [1.29, 1.82) is 0 Å². The Kier molecular flexibility index (Phi) is 8.70. The van der Waals surface area contributed by atoms with Gasteiger partial charge in [-0.25, -0.2) is 13.2 Å². The fourth-order valence-electron chi connectivity index (χ4n) is 5.67. The fraction of sp³-hybridized carbons (Fsp3) is 0.312. The molecule has 10 heteroatoms. The van der Waals surface area contributed by atoms with E-state index < -0.39 is 29.3 Å². The van der Waals surface area contributed by atoms with Crippen LogP contribution in [0.15, 0.2) is 54.7 Å². The van der Waals surface area contributed by atoms with Gasteiger partial charge >= 0.3 is 0 Å². The monoisotopic (exact) mass is 576 g/mol. The number of hydrogen-bond acceptors (Lipinski definition) is 5. The molecule has 2 aromatic carbocycles. The predicted octanol–water partition coefficient (Wildman–Crippen LogP) is 5.72.